The summed E-state index contributed by atoms with van der Waals surface area (Å²) in [5, 5.41) is 10.5. The molecule has 0 heterocycles. The lowest BCUT2D eigenvalue weighted by Gasteiger charge is -2.33. The molecule has 2 unspecified atom stereocenters. The van der Waals surface area contributed by atoms with Crippen molar-refractivity contribution in [3.05, 3.63) is 29.8 Å². The van der Waals surface area contributed by atoms with Crippen molar-refractivity contribution >= 4 is 0 Å². The van der Waals surface area contributed by atoms with Crippen LogP contribution >= 0.6 is 0 Å². The molecule has 0 bridgehead atoms. The number of hydrogen-bond acceptors (Lipinski definition) is 2. The van der Waals surface area contributed by atoms with E-state index in [2.05, 4.69) is 13.8 Å². The van der Waals surface area contributed by atoms with Gasteiger partial charge in [-0.3, -0.25) is 0 Å². The van der Waals surface area contributed by atoms with E-state index in [1.165, 1.54) is 6.92 Å². The van der Waals surface area contributed by atoms with Crippen LogP contribution in [0, 0.1) is 11.8 Å². The third-order valence-electron chi connectivity index (χ3n) is 3.61. The molecule has 0 amide bonds. The number of hydrogen-bond donors (Lipinski definition) is 1. The van der Waals surface area contributed by atoms with Crippen molar-refractivity contribution in [2.45, 2.75) is 46.1 Å². The Kier molecular flexibility index (Phi) is 5.93. The first-order valence-corrected chi connectivity index (χ1v) is 7.05. The van der Waals surface area contributed by atoms with Crippen molar-refractivity contribution in [2.24, 2.45) is 11.8 Å². The van der Waals surface area contributed by atoms with Gasteiger partial charge in [-0.1, -0.05) is 39.8 Å². The standard InChI is InChI=1S/C16H24F2O2/c1-5-16(19,12(4)15(17)18)13-6-8-14(9-7-13)20-10-11(2)3/h6-9,11-12,15,19H,5,10H2,1-4H3. The Morgan fingerprint density at radius 2 is 1.70 bits per heavy atom. The summed E-state index contributed by atoms with van der Waals surface area (Å²) < 4.78 is 31.3. The summed E-state index contributed by atoms with van der Waals surface area (Å²) >= 11 is 0. The fraction of sp³-hybridized carbons (Fsp3) is 0.625. The molecule has 0 aliphatic carbocycles. The van der Waals surface area contributed by atoms with Crippen LogP contribution in [0.5, 0.6) is 5.75 Å². The van der Waals surface area contributed by atoms with Gasteiger partial charge in [-0.25, -0.2) is 8.78 Å². The molecule has 0 aliphatic heterocycles. The van der Waals surface area contributed by atoms with Gasteiger partial charge in [0.25, 0.3) is 0 Å². The van der Waals surface area contributed by atoms with E-state index in [1.807, 2.05) is 0 Å². The van der Waals surface area contributed by atoms with Crippen molar-refractivity contribution < 1.29 is 18.6 Å². The van der Waals surface area contributed by atoms with Crippen LogP contribution in [0.2, 0.25) is 0 Å². The van der Waals surface area contributed by atoms with E-state index in [0.29, 0.717) is 23.8 Å². The zero-order chi connectivity index (χ0) is 15.3. The van der Waals surface area contributed by atoms with Crippen LogP contribution in [-0.2, 0) is 5.60 Å². The Balaban J connectivity index is 2.89. The zero-order valence-electron chi connectivity index (χ0n) is 12.6. The smallest absolute Gasteiger partial charge is 0.244 e. The Bertz CT molecular complexity index is 403. The normalized spacial score (nSPS) is 16.2. The van der Waals surface area contributed by atoms with E-state index in [9.17, 15) is 13.9 Å². The summed E-state index contributed by atoms with van der Waals surface area (Å²) in [5.41, 5.74) is -1.00. The van der Waals surface area contributed by atoms with Crippen LogP contribution < -0.4 is 4.74 Å². The van der Waals surface area contributed by atoms with Crippen LogP contribution in [0.3, 0.4) is 0 Å². The fourth-order valence-electron chi connectivity index (χ4n) is 2.10. The molecular weight excluding hydrogens is 262 g/mol. The van der Waals surface area contributed by atoms with Crippen LogP contribution in [0.25, 0.3) is 0 Å². The Hall–Kier alpha value is -1.16. The monoisotopic (exact) mass is 286 g/mol. The van der Waals surface area contributed by atoms with Gasteiger partial charge in [0.2, 0.25) is 6.43 Å². The molecule has 0 aliphatic rings. The molecule has 0 fully saturated rings. The second-order valence-electron chi connectivity index (χ2n) is 5.63. The maximum atomic E-state index is 12.9. The first kappa shape index (κ1) is 16.9. The number of rotatable bonds is 7. The van der Waals surface area contributed by atoms with Gasteiger partial charge < -0.3 is 9.84 Å². The van der Waals surface area contributed by atoms with E-state index in [-0.39, 0.29) is 6.42 Å². The third-order valence-corrected chi connectivity index (χ3v) is 3.61. The molecule has 0 radical (unpaired) electrons. The third kappa shape index (κ3) is 3.92. The van der Waals surface area contributed by atoms with Crippen molar-refractivity contribution in [1.29, 1.82) is 0 Å². The van der Waals surface area contributed by atoms with E-state index in [1.54, 1.807) is 31.2 Å². The lowest BCUT2D eigenvalue weighted by Crippen LogP contribution is -2.36. The highest BCUT2D eigenvalue weighted by Gasteiger charge is 2.39. The predicted molar refractivity (Wildman–Crippen MR) is 76.1 cm³/mol. The first-order valence-electron chi connectivity index (χ1n) is 7.05. The van der Waals surface area contributed by atoms with Gasteiger partial charge in [0, 0.05) is 0 Å². The Morgan fingerprint density at radius 3 is 2.10 bits per heavy atom. The summed E-state index contributed by atoms with van der Waals surface area (Å²) in [6.07, 6.45) is -2.32. The number of benzene rings is 1. The Morgan fingerprint density at radius 1 is 1.15 bits per heavy atom. The van der Waals surface area contributed by atoms with Gasteiger partial charge >= 0.3 is 0 Å². The number of aliphatic hydroxyl groups is 1. The van der Waals surface area contributed by atoms with Gasteiger partial charge in [-0.05, 0) is 30.0 Å². The predicted octanol–water partition coefficient (Wildman–Crippen LogP) is 4.22. The van der Waals surface area contributed by atoms with Gasteiger partial charge in [-0.15, -0.1) is 0 Å². The molecule has 2 atom stereocenters. The zero-order valence-corrected chi connectivity index (χ0v) is 12.6. The molecule has 2 nitrogen and oxygen atoms in total. The molecule has 0 saturated carbocycles. The highest BCUT2D eigenvalue weighted by molar-refractivity contribution is 5.31. The summed E-state index contributed by atoms with van der Waals surface area (Å²) in [6, 6.07) is 6.77. The van der Waals surface area contributed by atoms with Gasteiger partial charge in [0.05, 0.1) is 18.1 Å². The number of ether oxygens (including phenoxy) is 1. The molecular formula is C16H24F2O2. The van der Waals surface area contributed by atoms with Crippen molar-refractivity contribution in [3.63, 3.8) is 0 Å². The highest BCUT2D eigenvalue weighted by Crippen LogP contribution is 2.37. The highest BCUT2D eigenvalue weighted by atomic mass is 19.3. The first-order chi connectivity index (χ1) is 9.31. The van der Waals surface area contributed by atoms with E-state index >= 15 is 0 Å². The quantitative estimate of drug-likeness (QED) is 0.813. The second kappa shape index (κ2) is 7.02. The lowest BCUT2D eigenvalue weighted by atomic mass is 9.80. The number of alkyl halides is 2. The summed E-state index contributed by atoms with van der Waals surface area (Å²) in [6.45, 7) is 7.78. The van der Waals surface area contributed by atoms with Crippen LogP contribution in [0.15, 0.2) is 24.3 Å². The van der Waals surface area contributed by atoms with Crippen molar-refractivity contribution in [1.82, 2.24) is 0 Å². The molecule has 0 spiro atoms. The molecule has 0 aromatic heterocycles. The maximum absolute atomic E-state index is 12.9. The maximum Gasteiger partial charge on any atom is 0.244 e. The fourth-order valence-corrected chi connectivity index (χ4v) is 2.10. The second-order valence-corrected chi connectivity index (χ2v) is 5.63. The lowest BCUT2D eigenvalue weighted by molar-refractivity contribution is -0.0847. The van der Waals surface area contributed by atoms with E-state index < -0.39 is 17.9 Å². The average molecular weight is 286 g/mol. The summed E-state index contributed by atoms with van der Waals surface area (Å²) in [7, 11) is 0. The largest absolute Gasteiger partial charge is 0.493 e. The summed E-state index contributed by atoms with van der Waals surface area (Å²) in [4.78, 5) is 0. The summed E-state index contributed by atoms with van der Waals surface area (Å²) in [5.74, 6) is -0.0124. The SMILES string of the molecule is CCC(O)(c1ccc(OCC(C)C)cc1)C(C)C(F)F. The average Bonchev–Trinajstić information content (AvgIpc) is 2.43. The molecule has 1 N–H and O–H groups in total. The molecule has 4 heteroatoms. The molecule has 114 valence electrons. The van der Waals surface area contributed by atoms with Crippen molar-refractivity contribution in [2.75, 3.05) is 6.61 Å². The van der Waals surface area contributed by atoms with E-state index in [4.69, 9.17) is 4.74 Å². The Labute approximate surface area is 119 Å². The van der Waals surface area contributed by atoms with Gasteiger partial charge in [-0.2, -0.15) is 0 Å². The minimum atomic E-state index is -2.56. The van der Waals surface area contributed by atoms with E-state index in [0.717, 1.165) is 0 Å². The van der Waals surface area contributed by atoms with Crippen LogP contribution in [-0.4, -0.2) is 18.1 Å². The molecule has 1 aromatic carbocycles. The van der Waals surface area contributed by atoms with Crippen LogP contribution in [0.1, 0.15) is 39.7 Å². The van der Waals surface area contributed by atoms with Gasteiger partial charge in [0.1, 0.15) is 5.75 Å². The topological polar surface area (TPSA) is 29.5 Å². The molecule has 1 rings (SSSR count). The molecule has 1 aromatic rings. The number of halogens is 2. The van der Waals surface area contributed by atoms with Gasteiger partial charge in [0.15, 0.2) is 0 Å². The minimum Gasteiger partial charge on any atom is -0.493 e. The van der Waals surface area contributed by atoms with Crippen LogP contribution in [0.4, 0.5) is 8.78 Å². The van der Waals surface area contributed by atoms with Crippen molar-refractivity contribution in [3.8, 4) is 5.75 Å². The molecule has 20 heavy (non-hydrogen) atoms. The minimum absolute atomic E-state index is 0.241. The molecule has 0 saturated heterocycles.